The fraction of sp³-hybridized carbons (Fsp3) is 0.955. The molecule has 3 fully saturated rings. The minimum atomic E-state index is 0.0367. The largest absolute Gasteiger partial charge is 0.465 e. The molecule has 3 aliphatic rings. The number of carbonyl (C=O) groups excluding carboxylic acids is 1. The van der Waals surface area contributed by atoms with E-state index >= 15 is 0 Å². The third kappa shape index (κ3) is 6.84. The molecule has 0 heterocycles. The van der Waals surface area contributed by atoms with Crippen LogP contribution in [0.1, 0.15) is 89.9 Å². The van der Waals surface area contributed by atoms with Crippen LogP contribution in [0.25, 0.3) is 0 Å². The van der Waals surface area contributed by atoms with Gasteiger partial charge in [0.1, 0.15) is 0 Å². The van der Waals surface area contributed by atoms with Gasteiger partial charge < -0.3 is 14.2 Å². The summed E-state index contributed by atoms with van der Waals surface area (Å²) >= 11 is 0. The number of hydrogen-bond acceptors (Lipinski definition) is 4. The zero-order chi connectivity index (χ0) is 18.0. The van der Waals surface area contributed by atoms with E-state index < -0.39 is 0 Å². The van der Waals surface area contributed by atoms with Crippen LogP contribution in [0.3, 0.4) is 0 Å². The van der Waals surface area contributed by atoms with Crippen molar-refractivity contribution in [1.29, 1.82) is 0 Å². The van der Waals surface area contributed by atoms with E-state index in [1.807, 2.05) is 0 Å². The van der Waals surface area contributed by atoms with Gasteiger partial charge in [-0.05, 0) is 57.3 Å². The van der Waals surface area contributed by atoms with Gasteiger partial charge in [-0.2, -0.15) is 0 Å². The molecule has 26 heavy (non-hydrogen) atoms. The molecule has 0 spiro atoms. The van der Waals surface area contributed by atoms with Gasteiger partial charge in [0.2, 0.25) is 0 Å². The summed E-state index contributed by atoms with van der Waals surface area (Å²) in [6.07, 6.45) is 17.4. The van der Waals surface area contributed by atoms with E-state index in [9.17, 15) is 4.79 Å². The molecule has 0 aromatic heterocycles. The molecule has 0 N–H and O–H groups in total. The van der Waals surface area contributed by atoms with E-state index in [1.165, 1.54) is 64.2 Å². The number of esters is 1. The number of ether oxygens (including phenoxy) is 3. The van der Waals surface area contributed by atoms with Gasteiger partial charge in [-0.25, -0.2) is 0 Å². The monoisotopic (exact) mass is 366 g/mol. The second kappa shape index (κ2) is 11.3. The standard InChI is InChI=1S/C22H38O4/c23-22(26-17-18-7-3-1-4-8-18)19-11-13-21(14-12-19)25-16-15-24-20-9-5-2-6-10-20/h18-21H,1-17H2. The van der Waals surface area contributed by atoms with Crippen LogP contribution in [0.4, 0.5) is 0 Å². The van der Waals surface area contributed by atoms with Crippen LogP contribution in [0.5, 0.6) is 0 Å². The SMILES string of the molecule is O=C(OCC1CCCCC1)C1CCC(OCCOC2CCCCC2)CC1. The molecule has 0 atom stereocenters. The Kier molecular flexibility index (Phi) is 8.74. The minimum Gasteiger partial charge on any atom is -0.465 e. The Morgan fingerprint density at radius 1 is 0.654 bits per heavy atom. The van der Waals surface area contributed by atoms with E-state index in [1.54, 1.807) is 0 Å². The Bertz CT molecular complexity index is 391. The molecule has 3 rings (SSSR count). The van der Waals surface area contributed by atoms with Crippen LogP contribution in [0.15, 0.2) is 0 Å². The van der Waals surface area contributed by atoms with Gasteiger partial charge in [-0.1, -0.05) is 38.5 Å². The summed E-state index contributed by atoms with van der Waals surface area (Å²) in [5.74, 6) is 0.739. The van der Waals surface area contributed by atoms with Gasteiger partial charge >= 0.3 is 5.97 Å². The maximum Gasteiger partial charge on any atom is 0.308 e. The molecule has 0 aromatic carbocycles. The van der Waals surface area contributed by atoms with Crippen molar-refractivity contribution in [3.63, 3.8) is 0 Å². The lowest BCUT2D eigenvalue weighted by Gasteiger charge is -2.28. The average molecular weight is 367 g/mol. The number of hydrogen-bond donors (Lipinski definition) is 0. The van der Waals surface area contributed by atoms with Gasteiger partial charge in [0.05, 0.1) is 37.9 Å². The first-order valence-electron chi connectivity index (χ1n) is 11.2. The van der Waals surface area contributed by atoms with Crippen LogP contribution in [-0.2, 0) is 19.0 Å². The van der Waals surface area contributed by atoms with E-state index in [-0.39, 0.29) is 11.9 Å². The molecule has 0 unspecified atom stereocenters. The second-order valence-electron chi connectivity index (χ2n) is 8.61. The number of rotatable bonds is 8. The molecular formula is C22H38O4. The third-order valence-corrected chi connectivity index (χ3v) is 6.54. The van der Waals surface area contributed by atoms with Crippen LogP contribution in [0, 0.1) is 11.8 Å². The van der Waals surface area contributed by atoms with Crippen molar-refractivity contribution in [2.75, 3.05) is 19.8 Å². The summed E-state index contributed by atoms with van der Waals surface area (Å²) in [6, 6.07) is 0. The number of carbonyl (C=O) groups is 1. The van der Waals surface area contributed by atoms with E-state index in [2.05, 4.69) is 0 Å². The Morgan fingerprint density at radius 3 is 1.81 bits per heavy atom. The molecule has 0 bridgehead atoms. The van der Waals surface area contributed by atoms with Crippen molar-refractivity contribution in [2.45, 2.75) is 102 Å². The molecule has 4 nitrogen and oxygen atoms in total. The fourth-order valence-corrected chi connectivity index (χ4v) is 4.80. The maximum absolute atomic E-state index is 12.3. The third-order valence-electron chi connectivity index (χ3n) is 6.54. The fourth-order valence-electron chi connectivity index (χ4n) is 4.80. The van der Waals surface area contributed by atoms with E-state index in [4.69, 9.17) is 14.2 Å². The first kappa shape index (κ1) is 20.1. The first-order valence-corrected chi connectivity index (χ1v) is 11.2. The van der Waals surface area contributed by atoms with Crippen molar-refractivity contribution in [3.05, 3.63) is 0 Å². The summed E-state index contributed by atoms with van der Waals surface area (Å²) in [4.78, 5) is 12.3. The normalized spacial score (nSPS) is 28.8. The van der Waals surface area contributed by atoms with Gasteiger partial charge in [0.25, 0.3) is 0 Å². The maximum atomic E-state index is 12.3. The predicted molar refractivity (Wildman–Crippen MR) is 102 cm³/mol. The van der Waals surface area contributed by atoms with Gasteiger partial charge in [0, 0.05) is 0 Å². The Morgan fingerprint density at radius 2 is 1.19 bits per heavy atom. The Balaban J connectivity index is 1.22. The highest BCUT2D eigenvalue weighted by atomic mass is 16.5. The van der Waals surface area contributed by atoms with Gasteiger partial charge in [0.15, 0.2) is 0 Å². The topological polar surface area (TPSA) is 44.8 Å². The van der Waals surface area contributed by atoms with Crippen molar-refractivity contribution in [1.82, 2.24) is 0 Å². The van der Waals surface area contributed by atoms with Crippen molar-refractivity contribution in [3.8, 4) is 0 Å². The van der Waals surface area contributed by atoms with Crippen molar-refractivity contribution in [2.24, 2.45) is 11.8 Å². The molecule has 0 aromatic rings. The molecule has 3 aliphatic carbocycles. The average Bonchev–Trinajstić information content (AvgIpc) is 2.71. The highest BCUT2D eigenvalue weighted by Crippen LogP contribution is 2.29. The van der Waals surface area contributed by atoms with E-state index in [0.29, 0.717) is 37.9 Å². The smallest absolute Gasteiger partial charge is 0.308 e. The summed E-state index contributed by atoms with van der Waals surface area (Å²) in [5, 5.41) is 0. The molecule has 0 aliphatic heterocycles. The first-order chi connectivity index (χ1) is 12.8. The van der Waals surface area contributed by atoms with E-state index in [0.717, 1.165) is 25.7 Å². The molecular weight excluding hydrogens is 328 g/mol. The quantitative estimate of drug-likeness (QED) is 0.446. The Hall–Kier alpha value is -0.610. The lowest BCUT2D eigenvalue weighted by molar-refractivity contribution is -0.152. The summed E-state index contributed by atoms with van der Waals surface area (Å²) in [6.45, 7) is 2.06. The molecule has 4 heteroatoms. The summed E-state index contributed by atoms with van der Waals surface area (Å²) < 4.78 is 17.5. The predicted octanol–water partition coefficient (Wildman–Crippen LogP) is 5.03. The van der Waals surface area contributed by atoms with Crippen LogP contribution < -0.4 is 0 Å². The van der Waals surface area contributed by atoms with Gasteiger partial charge in [-0.3, -0.25) is 4.79 Å². The molecule has 150 valence electrons. The molecule has 3 saturated carbocycles. The lowest BCUT2D eigenvalue weighted by Crippen LogP contribution is -2.29. The van der Waals surface area contributed by atoms with Crippen molar-refractivity contribution >= 4 is 5.97 Å². The van der Waals surface area contributed by atoms with Crippen molar-refractivity contribution < 1.29 is 19.0 Å². The highest BCUT2D eigenvalue weighted by molar-refractivity contribution is 5.72. The lowest BCUT2D eigenvalue weighted by atomic mass is 9.87. The van der Waals surface area contributed by atoms with Gasteiger partial charge in [-0.15, -0.1) is 0 Å². The summed E-state index contributed by atoms with van der Waals surface area (Å²) in [5.41, 5.74) is 0. The minimum absolute atomic E-state index is 0.0367. The van der Waals surface area contributed by atoms with Crippen LogP contribution in [-0.4, -0.2) is 38.0 Å². The molecule has 0 amide bonds. The second-order valence-corrected chi connectivity index (χ2v) is 8.61. The molecule has 0 radical (unpaired) electrons. The zero-order valence-corrected chi connectivity index (χ0v) is 16.5. The molecule has 0 saturated heterocycles. The highest BCUT2D eigenvalue weighted by Gasteiger charge is 2.28. The van der Waals surface area contributed by atoms with Crippen LogP contribution in [0.2, 0.25) is 0 Å². The Labute approximate surface area is 159 Å². The summed E-state index contributed by atoms with van der Waals surface area (Å²) in [7, 11) is 0. The zero-order valence-electron chi connectivity index (χ0n) is 16.5. The van der Waals surface area contributed by atoms with Crippen LogP contribution >= 0.6 is 0 Å².